The minimum Gasteiger partial charge on any atom is -0.375 e. The minimum atomic E-state index is -0.206. The molecular weight excluding hydrogens is 363 g/mol. The van der Waals surface area contributed by atoms with Gasteiger partial charge in [0.1, 0.15) is 10.7 Å². The van der Waals surface area contributed by atoms with Crippen LogP contribution in [-0.4, -0.2) is 46.4 Å². The SMILES string of the molecule is CCc1nc(N)sc1C(=O)N1C[C@H]2CC[C@@H]1CN(Cc1ccc(F)cc1)C2. The van der Waals surface area contributed by atoms with Gasteiger partial charge in [0.15, 0.2) is 5.13 Å². The molecule has 3 aliphatic rings. The molecule has 0 unspecified atom stereocenters. The number of nitrogen functional groups attached to an aromatic ring is 1. The molecule has 3 aliphatic heterocycles. The molecule has 144 valence electrons. The Kier molecular flexibility index (Phi) is 5.14. The molecule has 1 aromatic heterocycles. The maximum atomic E-state index is 13.2. The average molecular weight is 389 g/mol. The molecule has 2 aromatic rings. The third-order valence-electron chi connectivity index (χ3n) is 5.61. The number of thiazole rings is 1. The smallest absolute Gasteiger partial charge is 0.266 e. The monoisotopic (exact) mass is 388 g/mol. The Hall–Kier alpha value is -1.99. The second-order valence-corrected chi connectivity index (χ2v) is 8.59. The zero-order valence-electron chi connectivity index (χ0n) is 15.5. The van der Waals surface area contributed by atoms with Gasteiger partial charge in [-0.1, -0.05) is 30.4 Å². The Morgan fingerprint density at radius 1 is 1.26 bits per heavy atom. The molecule has 5 rings (SSSR count). The van der Waals surface area contributed by atoms with Gasteiger partial charge in [-0.2, -0.15) is 0 Å². The lowest BCUT2D eigenvalue weighted by atomic mass is 9.94. The van der Waals surface area contributed by atoms with Crippen molar-refractivity contribution in [3.63, 3.8) is 0 Å². The van der Waals surface area contributed by atoms with Gasteiger partial charge in [-0.25, -0.2) is 9.37 Å². The number of aryl methyl sites for hydroxylation is 1. The number of amides is 1. The molecule has 2 N–H and O–H groups in total. The van der Waals surface area contributed by atoms with Crippen LogP contribution in [0.2, 0.25) is 0 Å². The highest BCUT2D eigenvalue weighted by molar-refractivity contribution is 7.17. The number of fused-ring (bicyclic) bond motifs is 4. The number of nitrogens with two attached hydrogens (primary N) is 1. The average Bonchev–Trinajstić information content (AvgIpc) is 2.83. The molecule has 2 atom stereocenters. The first kappa shape index (κ1) is 18.4. The van der Waals surface area contributed by atoms with Gasteiger partial charge in [0.25, 0.3) is 5.91 Å². The molecule has 5 nitrogen and oxygen atoms in total. The van der Waals surface area contributed by atoms with Crippen molar-refractivity contribution in [2.75, 3.05) is 25.4 Å². The van der Waals surface area contributed by atoms with E-state index in [4.69, 9.17) is 5.73 Å². The van der Waals surface area contributed by atoms with E-state index in [2.05, 4.69) is 9.88 Å². The maximum Gasteiger partial charge on any atom is 0.266 e. The molecule has 0 aliphatic carbocycles. The summed E-state index contributed by atoms with van der Waals surface area (Å²) in [5.41, 5.74) is 7.77. The van der Waals surface area contributed by atoms with Crippen molar-refractivity contribution in [1.82, 2.24) is 14.8 Å². The zero-order chi connectivity index (χ0) is 19.0. The summed E-state index contributed by atoms with van der Waals surface area (Å²) >= 11 is 1.31. The largest absolute Gasteiger partial charge is 0.375 e. The first-order valence-corrected chi connectivity index (χ1v) is 10.4. The van der Waals surface area contributed by atoms with Gasteiger partial charge in [0, 0.05) is 32.2 Å². The topological polar surface area (TPSA) is 62.5 Å². The highest BCUT2D eigenvalue weighted by Gasteiger charge is 2.38. The predicted molar refractivity (Wildman–Crippen MR) is 105 cm³/mol. The normalized spacial score (nSPS) is 22.8. The van der Waals surface area contributed by atoms with E-state index in [9.17, 15) is 9.18 Å². The Morgan fingerprint density at radius 2 is 2.04 bits per heavy atom. The fourth-order valence-corrected chi connectivity index (χ4v) is 5.19. The number of carbonyl (C=O) groups is 1. The summed E-state index contributed by atoms with van der Waals surface area (Å²) in [7, 11) is 0. The van der Waals surface area contributed by atoms with Crippen LogP contribution in [0.5, 0.6) is 0 Å². The molecule has 3 saturated heterocycles. The fraction of sp³-hybridized carbons (Fsp3) is 0.500. The lowest BCUT2D eigenvalue weighted by molar-refractivity contribution is 0.0588. The summed E-state index contributed by atoms with van der Waals surface area (Å²) in [6.07, 6.45) is 2.90. The predicted octanol–water partition coefficient (Wildman–Crippen LogP) is 3.16. The van der Waals surface area contributed by atoms with Crippen molar-refractivity contribution in [3.05, 3.63) is 46.2 Å². The van der Waals surface area contributed by atoms with Crippen molar-refractivity contribution in [3.8, 4) is 0 Å². The summed E-state index contributed by atoms with van der Waals surface area (Å²) in [6, 6.07) is 6.93. The lowest BCUT2D eigenvalue weighted by Gasteiger charge is -2.36. The quantitative estimate of drug-likeness (QED) is 0.874. The van der Waals surface area contributed by atoms with Crippen LogP contribution < -0.4 is 5.73 Å². The van der Waals surface area contributed by atoms with Crippen LogP contribution in [0, 0.1) is 11.7 Å². The lowest BCUT2D eigenvalue weighted by Crippen LogP contribution is -2.47. The van der Waals surface area contributed by atoms with Gasteiger partial charge in [-0.05, 0) is 42.9 Å². The number of hydrogen-bond acceptors (Lipinski definition) is 5. The van der Waals surface area contributed by atoms with Gasteiger partial charge in [0.2, 0.25) is 0 Å². The Balaban J connectivity index is 1.51. The molecule has 0 saturated carbocycles. The van der Waals surface area contributed by atoms with Gasteiger partial charge >= 0.3 is 0 Å². The molecule has 4 heterocycles. The van der Waals surface area contributed by atoms with Crippen molar-refractivity contribution >= 4 is 22.4 Å². The fourth-order valence-electron chi connectivity index (χ4n) is 4.31. The second kappa shape index (κ2) is 7.56. The molecule has 1 amide bonds. The third kappa shape index (κ3) is 3.84. The number of piperidine rings is 1. The number of rotatable bonds is 4. The van der Waals surface area contributed by atoms with E-state index in [1.54, 1.807) is 0 Å². The first-order chi connectivity index (χ1) is 13.0. The minimum absolute atomic E-state index is 0.0828. The standard InChI is InChI=1S/C20H25FN4OS/c1-2-17-18(27-20(22)23-17)19(26)25-11-14-5-8-16(25)12-24(10-14)9-13-3-6-15(21)7-4-13/h3-4,6-7,14,16H,2,5,8-12H2,1H3,(H2,22,23)/t14-,16+/m0/s1. The number of carbonyl (C=O) groups excluding carboxylic acids is 1. The Labute approximate surface area is 163 Å². The van der Waals surface area contributed by atoms with Crippen molar-refractivity contribution in [2.24, 2.45) is 5.92 Å². The van der Waals surface area contributed by atoms with Crippen molar-refractivity contribution in [1.29, 1.82) is 0 Å². The molecule has 2 bridgehead atoms. The maximum absolute atomic E-state index is 13.2. The number of halogens is 1. The van der Waals surface area contributed by atoms with Crippen LogP contribution in [0.3, 0.4) is 0 Å². The van der Waals surface area contributed by atoms with E-state index in [0.717, 1.165) is 50.3 Å². The molecular formula is C20H25FN4OS. The van der Waals surface area contributed by atoms with E-state index in [1.807, 2.05) is 24.0 Å². The van der Waals surface area contributed by atoms with E-state index in [-0.39, 0.29) is 17.8 Å². The van der Waals surface area contributed by atoms with Crippen LogP contribution in [0.1, 0.15) is 40.7 Å². The van der Waals surface area contributed by atoms with Crippen molar-refractivity contribution in [2.45, 2.75) is 38.8 Å². The molecule has 3 fully saturated rings. The van der Waals surface area contributed by atoms with Crippen molar-refractivity contribution < 1.29 is 9.18 Å². The third-order valence-corrected chi connectivity index (χ3v) is 6.53. The van der Waals surface area contributed by atoms with E-state index >= 15 is 0 Å². The molecule has 0 spiro atoms. The number of benzene rings is 1. The van der Waals surface area contributed by atoms with E-state index in [1.165, 1.54) is 23.5 Å². The number of hydrogen-bond donors (Lipinski definition) is 1. The van der Waals surface area contributed by atoms with E-state index in [0.29, 0.717) is 22.3 Å². The highest BCUT2D eigenvalue weighted by Crippen LogP contribution is 2.32. The van der Waals surface area contributed by atoms with Gasteiger partial charge in [-0.3, -0.25) is 9.69 Å². The number of nitrogens with zero attached hydrogens (tertiary/aromatic N) is 3. The highest BCUT2D eigenvalue weighted by atomic mass is 32.1. The first-order valence-electron chi connectivity index (χ1n) is 9.56. The molecule has 27 heavy (non-hydrogen) atoms. The van der Waals surface area contributed by atoms with Gasteiger partial charge < -0.3 is 10.6 Å². The number of aromatic nitrogens is 1. The van der Waals surface area contributed by atoms with Crippen LogP contribution >= 0.6 is 11.3 Å². The zero-order valence-corrected chi connectivity index (χ0v) is 16.3. The van der Waals surface area contributed by atoms with Crippen LogP contribution in [0.25, 0.3) is 0 Å². The van der Waals surface area contributed by atoms with Crippen LogP contribution in [0.4, 0.5) is 9.52 Å². The van der Waals surface area contributed by atoms with E-state index < -0.39 is 0 Å². The summed E-state index contributed by atoms with van der Waals surface area (Å²) in [4.78, 5) is 22.7. The summed E-state index contributed by atoms with van der Waals surface area (Å²) in [5.74, 6) is 0.352. The Morgan fingerprint density at radius 3 is 2.78 bits per heavy atom. The van der Waals surface area contributed by atoms with Crippen LogP contribution in [-0.2, 0) is 13.0 Å². The van der Waals surface area contributed by atoms with Crippen LogP contribution in [0.15, 0.2) is 24.3 Å². The second-order valence-electron chi connectivity index (χ2n) is 7.56. The summed E-state index contributed by atoms with van der Waals surface area (Å²) in [5, 5.41) is 0.466. The molecule has 7 heteroatoms. The molecule has 1 aromatic carbocycles. The molecule has 0 radical (unpaired) electrons. The van der Waals surface area contributed by atoms with Gasteiger partial charge in [0.05, 0.1) is 5.69 Å². The number of anilines is 1. The Bertz CT molecular complexity index is 822. The summed E-state index contributed by atoms with van der Waals surface area (Å²) in [6.45, 7) is 5.43. The summed E-state index contributed by atoms with van der Waals surface area (Å²) < 4.78 is 13.2. The van der Waals surface area contributed by atoms with Gasteiger partial charge in [-0.15, -0.1) is 0 Å².